The lowest BCUT2D eigenvalue weighted by atomic mass is 9.74. The first-order valence-corrected chi connectivity index (χ1v) is 12.1. The number of thioether (sulfide) groups is 1. The molecule has 1 N–H and O–H groups in total. The quantitative estimate of drug-likeness (QED) is 0.602. The van der Waals surface area contributed by atoms with Gasteiger partial charge in [-0.15, -0.1) is 0 Å². The summed E-state index contributed by atoms with van der Waals surface area (Å²) in [5.74, 6) is -0.431. The molecule has 0 spiro atoms. The normalized spacial score (nSPS) is 23.7. The molecule has 2 aliphatic heterocycles. The molecule has 1 aliphatic carbocycles. The Morgan fingerprint density at radius 3 is 2.53 bits per heavy atom. The molecule has 0 aromatic heterocycles. The Bertz CT molecular complexity index is 1120. The summed E-state index contributed by atoms with van der Waals surface area (Å²) in [6, 6.07) is 10.9. The zero-order chi connectivity index (χ0) is 22.4. The number of carboxylic acids is 1. The standard InChI is InChI=1S/C26H25F2NO2S/c1-15-10-21-19-5-3-2-4-17(19)7-8-20(21)26(29(15)18-13-32-14-18)25-22(27)11-16(12-23(25)28)6-9-24(30)31/h2-6,9,11-12,15,18,26H,7-8,10,13-14H2,1H3,(H,30,31)/b9-6+. The lowest BCUT2D eigenvalue weighted by molar-refractivity contribution is -0.131. The highest BCUT2D eigenvalue weighted by atomic mass is 32.2. The van der Waals surface area contributed by atoms with E-state index in [0.29, 0.717) is 6.04 Å². The smallest absolute Gasteiger partial charge is 0.328 e. The van der Waals surface area contributed by atoms with Crippen molar-refractivity contribution in [2.24, 2.45) is 0 Å². The molecule has 2 aromatic rings. The van der Waals surface area contributed by atoms with E-state index in [1.807, 2.05) is 17.8 Å². The van der Waals surface area contributed by atoms with Gasteiger partial charge in [0.05, 0.1) is 6.04 Å². The summed E-state index contributed by atoms with van der Waals surface area (Å²) in [4.78, 5) is 13.2. The van der Waals surface area contributed by atoms with Gasteiger partial charge in [-0.25, -0.2) is 13.6 Å². The van der Waals surface area contributed by atoms with Crippen LogP contribution in [0.25, 0.3) is 11.6 Å². The third-order valence-corrected chi connectivity index (χ3v) is 8.11. The van der Waals surface area contributed by atoms with Gasteiger partial charge < -0.3 is 5.11 Å². The molecule has 2 aromatic carbocycles. The summed E-state index contributed by atoms with van der Waals surface area (Å²) < 4.78 is 31.0. The maximum absolute atomic E-state index is 15.5. The zero-order valence-electron chi connectivity index (χ0n) is 17.9. The minimum atomic E-state index is -1.15. The molecule has 5 rings (SSSR count). The van der Waals surface area contributed by atoms with Crippen LogP contribution in [0, 0.1) is 11.6 Å². The highest BCUT2D eigenvalue weighted by Crippen LogP contribution is 2.50. The van der Waals surface area contributed by atoms with Crippen molar-refractivity contribution >= 4 is 29.4 Å². The molecular formula is C26H25F2NO2S. The van der Waals surface area contributed by atoms with Crippen molar-refractivity contribution in [3.05, 3.63) is 81.9 Å². The van der Waals surface area contributed by atoms with Crippen molar-refractivity contribution in [1.82, 2.24) is 4.90 Å². The lowest BCUT2D eigenvalue weighted by Gasteiger charge is -2.51. The molecule has 6 heteroatoms. The number of fused-ring (bicyclic) bond motifs is 2. The van der Waals surface area contributed by atoms with E-state index in [-0.39, 0.29) is 17.2 Å². The van der Waals surface area contributed by atoms with E-state index in [1.54, 1.807) is 0 Å². The third-order valence-electron chi connectivity index (χ3n) is 6.87. The largest absolute Gasteiger partial charge is 0.478 e. The first kappa shape index (κ1) is 21.4. The van der Waals surface area contributed by atoms with E-state index in [0.717, 1.165) is 42.4 Å². The summed E-state index contributed by atoms with van der Waals surface area (Å²) in [5, 5.41) is 8.85. The van der Waals surface area contributed by atoms with Crippen LogP contribution >= 0.6 is 11.8 Å². The summed E-state index contributed by atoms with van der Waals surface area (Å²) in [5.41, 5.74) is 5.19. The van der Waals surface area contributed by atoms with Gasteiger partial charge >= 0.3 is 5.97 Å². The van der Waals surface area contributed by atoms with Crippen molar-refractivity contribution in [2.75, 3.05) is 11.5 Å². The molecular weight excluding hydrogens is 428 g/mol. The minimum Gasteiger partial charge on any atom is -0.478 e. The summed E-state index contributed by atoms with van der Waals surface area (Å²) in [7, 11) is 0. The second-order valence-corrected chi connectivity index (χ2v) is 9.90. The predicted octanol–water partition coefficient (Wildman–Crippen LogP) is 5.71. The van der Waals surface area contributed by atoms with Crippen LogP contribution in [0.15, 0.2) is 48.0 Å². The van der Waals surface area contributed by atoms with Crippen LogP contribution in [-0.2, 0) is 11.2 Å². The highest BCUT2D eigenvalue weighted by Gasteiger charge is 2.44. The van der Waals surface area contributed by atoms with Gasteiger partial charge in [0, 0.05) is 35.2 Å². The average Bonchev–Trinajstić information content (AvgIpc) is 2.72. The van der Waals surface area contributed by atoms with Crippen LogP contribution in [0.2, 0.25) is 0 Å². The SMILES string of the molecule is CC1CC2=C(CCc3ccccc32)C(c2c(F)cc(/C=C/C(=O)O)cc2F)N1C1CSC1. The summed E-state index contributed by atoms with van der Waals surface area (Å²) >= 11 is 1.87. The molecule has 1 fully saturated rings. The van der Waals surface area contributed by atoms with Gasteiger partial charge in [0.25, 0.3) is 0 Å². The van der Waals surface area contributed by atoms with Crippen molar-refractivity contribution in [3.63, 3.8) is 0 Å². The van der Waals surface area contributed by atoms with E-state index in [2.05, 4.69) is 30.0 Å². The molecule has 166 valence electrons. The highest BCUT2D eigenvalue weighted by molar-refractivity contribution is 8.00. The molecule has 2 atom stereocenters. The Balaban J connectivity index is 1.66. The first-order chi connectivity index (χ1) is 15.4. The number of aliphatic carboxylic acids is 1. The third kappa shape index (κ3) is 3.69. The van der Waals surface area contributed by atoms with E-state index in [1.165, 1.54) is 34.9 Å². The fraction of sp³-hybridized carbons (Fsp3) is 0.346. The fourth-order valence-electron chi connectivity index (χ4n) is 5.42. The molecule has 3 nitrogen and oxygen atoms in total. The van der Waals surface area contributed by atoms with E-state index in [4.69, 9.17) is 5.11 Å². The van der Waals surface area contributed by atoms with Crippen LogP contribution in [0.4, 0.5) is 8.78 Å². The van der Waals surface area contributed by atoms with Gasteiger partial charge in [0.1, 0.15) is 11.6 Å². The molecule has 0 saturated carbocycles. The minimum absolute atomic E-state index is 0.0906. The number of hydrogen-bond acceptors (Lipinski definition) is 3. The van der Waals surface area contributed by atoms with E-state index >= 15 is 8.78 Å². The van der Waals surface area contributed by atoms with Gasteiger partial charge in [0.2, 0.25) is 0 Å². The van der Waals surface area contributed by atoms with Gasteiger partial charge in [-0.2, -0.15) is 11.8 Å². The first-order valence-electron chi connectivity index (χ1n) is 11.0. The number of carboxylic acid groups (broad SMARTS) is 1. The second kappa shape index (κ2) is 8.49. The van der Waals surface area contributed by atoms with Crippen molar-refractivity contribution in [3.8, 4) is 0 Å². The number of benzene rings is 2. The molecule has 3 aliphatic rings. The molecule has 2 heterocycles. The van der Waals surface area contributed by atoms with Crippen LogP contribution in [0.3, 0.4) is 0 Å². The van der Waals surface area contributed by atoms with Crippen molar-refractivity contribution in [1.29, 1.82) is 0 Å². The maximum Gasteiger partial charge on any atom is 0.328 e. The Morgan fingerprint density at radius 1 is 1.16 bits per heavy atom. The van der Waals surface area contributed by atoms with Crippen LogP contribution in [-0.4, -0.2) is 39.6 Å². The monoisotopic (exact) mass is 453 g/mol. The Labute approximate surface area is 190 Å². The van der Waals surface area contributed by atoms with E-state index in [9.17, 15) is 4.79 Å². The average molecular weight is 454 g/mol. The van der Waals surface area contributed by atoms with E-state index < -0.39 is 23.6 Å². The summed E-state index contributed by atoms with van der Waals surface area (Å²) in [6.45, 7) is 2.16. The van der Waals surface area contributed by atoms with Crippen LogP contribution in [0.1, 0.15) is 48.1 Å². The van der Waals surface area contributed by atoms with Gasteiger partial charge in [-0.1, -0.05) is 24.3 Å². The summed E-state index contributed by atoms with van der Waals surface area (Å²) in [6.07, 6.45) is 4.67. The lowest BCUT2D eigenvalue weighted by Crippen LogP contribution is -2.53. The molecule has 0 radical (unpaired) electrons. The van der Waals surface area contributed by atoms with Gasteiger partial charge in [-0.05, 0) is 72.2 Å². The Kier molecular flexibility index (Phi) is 5.68. The molecule has 0 amide bonds. The van der Waals surface area contributed by atoms with Crippen molar-refractivity contribution < 1.29 is 18.7 Å². The number of nitrogens with zero attached hydrogens (tertiary/aromatic N) is 1. The molecule has 32 heavy (non-hydrogen) atoms. The van der Waals surface area contributed by atoms with Gasteiger partial charge in [-0.3, -0.25) is 4.90 Å². The van der Waals surface area contributed by atoms with Crippen molar-refractivity contribution in [2.45, 2.75) is 44.3 Å². The fourth-order valence-corrected chi connectivity index (χ4v) is 6.21. The number of halogens is 2. The topological polar surface area (TPSA) is 40.5 Å². The molecule has 1 saturated heterocycles. The zero-order valence-corrected chi connectivity index (χ0v) is 18.7. The van der Waals surface area contributed by atoms with Gasteiger partial charge in [0.15, 0.2) is 0 Å². The Hall–Kier alpha value is -2.44. The number of hydrogen-bond donors (Lipinski definition) is 1. The number of carbonyl (C=O) groups is 1. The maximum atomic E-state index is 15.5. The second-order valence-electron chi connectivity index (χ2n) is 8.82. The molecule has 2 unspecified atom stereocenters. The Morgan fingerprint density at radius 2 is 1.88 bits per heavy atom. The van der Waals surface area contributed by atoms with Crippen LogP contribution in [0.5, 0.6) is 0 Å². The predicted molar refractivity (Wildman–Crippen MR) is 124 cm³/mol. The molecule has 0 bridgehead atoms. The number of rotatable bonds is 4. The number of aryl methyl sites for hydroxylation is 1. The van der Waals surface area contributed by atoms with Crippen LogP contribution < -0.4 is 0 Å².